The van der Waals surface area contributed by atoms with Gasteiger partial charge in [-0.05, 0) is 34.6 Å². The zero-order chi connectivity index (χ0) is 17.3. The lowest BCUT2D eigenvalue weighted by Gasteiger charge is -2.57. The summed E-state index contributed by atoms with van der Waals surface area (Å²) in [6.45, 7) is 9.79. The van der Waals surface area contributed by atoms with Gasteiger partial charge in [0.25, 0.3) is 0 Å². The standard InChI is InChI=1S/C14H25N3O4S/c1-7(16-9(18)6-8(15)11(20)21)10(19)17-12-13(2,3)22-14(12,4)5/h7-8,12H,6,15H2,1-5H3,(H,16,18)(H,17,19)(H,20,21)/t7-,8+/m1/s1. The first-order valence-electron chi connectivity index (χ1n) is 7.15. The van der Waals surface area contributed by atoms with Gasteiger partial charge >= 0.3 is 5.97 Å². The molecule has 0 radical (unpaired) electrons. The van der Waals surface area contributed by atoms with Crippen molar-refractivity contribution in [2.45, 2.75) is 68.7 Å². The number of amides is 2. The Balaban J connectivity index is 2.52. The van der Waals surface area contributed by atoms with Gasteiger partial charge in [-0.1, -0.05) is 0 Å². The van der Waals surface area contributed by atoms with Crippen molar-refractivity contribution >= 4 is 29.5 Å². The van der Waals surface area contributed by atoms with E-state index in [1.165, 1.54) is 0 Å². The van der Waals surface area contributed by atoms with Crippen molar-refractivity contribution in [2.24, 2.45) is 5.73 Å². The zero-order valence-corrected chi connectivity index (χ0v) is 14.4. The number of rotatable bonds is 6. The fourth-order valence-corrected chi connectivity index (χ4v) is 4.96. The van der Waals surface area contributed by atoms with Gasteiger partial charge in [0.2, 0.25) is 11.8 Å². The second-order valence-electron chi connectivity index (χ2n) is 6.69. The number of carbonyl (C=O) groups excluding carboxylic acids is 2. The molecule has 0 aromatic heterocycles. The highest BCUT2D eigenvalue weighted by Crippen LogP contribution is 2.54. The number of carboxylic acids is 1. The molecule has 2 atom stereocenters. The fraction of sp³-hybridized carbons (Fsp3) is 0.786. The molecule has 0 aromatic carbocycles. The molecule has 1 saturated heterocycles. The minimum atomic E-state index is -1.27. The fourth-order valence-electron chi connectivity index (χ4n) is 2.84. The highest BCUT2D eigenvalue weighted by Gasteiger charge is 2.54. The van der Waals surface area contributed by atoms with Crippen molar-refractivity contribution in [3.63, 3.8) is 0 Å². The summed E-state index contributed by atoms with van der Waals surface area (Å²) in [4.78, 5) is 34.5. The van der Waals surface area contributed by atoms with E-state index in [0.29, 0.717) is 0 Å². The average Bonchev–Trinajstić information content (AvgIpc) is 2.33. The lowest BCUT2D eigenvalue weighted by atomic mass is 9.89. The van der Waals surface area contributed by atoms with E-state index in [1.807, 2.05) is 0 Å². The third kappa shape index (κ3) is 4.36. The minimum Gasteiger partial charge on any atom is -0.480 e. The molecule has 8 heteroatoms. The molecule has 0 unspecified atom stereocenters. The molecule has 2 amide bonds. The summed E-state index contributed by atoms with van der Waals surface area (Å²) < 4.78 is -0.122. The topological polar surface area (TPSA) is 122 Å². The largest absolute Gasteiger partial charge is 0.480 e. The Morgan fingerprint density at radius 2 is 1.73 bits per heavy atom. The predicted octanol–water partition coefficient (Wildman–Crippen LogP) is 0.0819. The van der Waals surface area contributed by atoms with E-state index >= 15 is 0 Å². The summed E-state index contributed by atoms with van der Waals surface area (Å²) in [7, 11) is 0. The molecule has 5 N–H and O–H groups in total. The Morgan fingerprint density at radius 3 is 2.14 bits per heavy atom. The highest BCUT2D eigenvalue weighted by molar-refractivity contribution is 8.03. The molecule has 22 heavy (non-hydrogen) atoms. The molecule has 1 aliphatic rings. The molecule has 1 aliphatic heterocycles. The van der Waals surface area contributed by atoms with Crippen molar-refractivity contribution in [2.75, 3.05) is 0 Å². The van der Waals surface area contributed by atoms with Crippen molar-refractivity contribution in [3.8, 4) is 0 Å². The van der Waals surface area contributed by atoms with E-state index < -0.39 is 24.0 Å². The quantitative estimate of drug-likeness (QED) is 0.547. The van der Waals surface area contributed by atoms with Gasteiger partial charge in [-0.3, -0.25) is 14.4 Å². The molecular weight excluding hydrogens is 306 g/mol. The normalized spacial score (nSPS) is 22.1. The van der Waals surface area contributed by atoms with Crippen LogP contribution in [-0.4, -0.2) is 50.5 Å². The SMILES string of the molecule is C[C@@H](NC(=O)C[C@H](N)C(=O)O)C(=O)NC1C(C)(C)SC1(C)C. The lowest BCUT2D eigenvalue weighted by Crippen LogP contribution is -2.68. The smallest absolute Gasteiger partial charge is 0.321 e. The van der Waals surface area contributed by atoms with Crippen molar-refractivity contribution < 1.29 is 19.5 Å². The van der Waals surface area contributed by atoms with Crippen LogP contribution >= 0.6 is 11.8 Å². The minimum absolute atomic E-state index is 0.00173. The van der Waals surface area contributed by atoms with Crippen LogP contribution in [0.2, 0.25) is 0 Å². The predicted molar refractivity (Wildman–Crippen MR) is 85.5 cm³/mol. The van der Waals surface area contributed by atoms with Crippen LogP contribution in [0.15, 0.2) is 0 Å². The van der Waals surface area contributed by atoms with E-state index in [-0.39, 0.29) is 27.9 Å². The summed E-state index contributed by atoms with van der Waals surface area (Å²) in [6.07, 6.45) is -0.358. The average molecular weight is 331 g/mol. The Morgan fingerprint density at radius 1 is 1.23 bits per heavy atom. The van der Waals surface area contributed by atoms with E-state index in [4.69, 9.17) is 10.8 Å². The van der Waals surface area contributed by atoms with Crippen LogP contribution in [0.25, 0.3) is 0 Å². The summed E-state index contributed by atoms with van der Waals surface area (Å²) in [6, 6.07) is -2.01. The van der Waals surface area contributed by atoms with Gasteiger partial charge in [0, 0.05) is 9.49 Å². The molecular formula is C14H25N3O4S. The van der Waals surface area contributed by atoms with Crippen molar-refractivity contribution in [1.29, 1.82) is 0 Å². The molecule has 0 aliphatic carbocycles. The second-order valence-corrected chi connectivity index (χ2v) is 9.00. The van der Waals surface area contributed by atoms with Crippen LogP contribution in [-0.2, 0) is 14.4 Å². The maximum atomic E-state index is 12.2. The maximum Gasteiger partial charge on any atom is 0.321 e. The van der Waals surface area contributed by atoms with Gasteiger partial charge < -0.3 is 21.5 Å². The number of hydrogen-bond acceptors (Lipinski definition) is 5. The van der Waals surface area contributed by atoms with Gasteiger partial charge in [-0.2, -0.15) is 0 Å². The summed E-state index contributed by atoms with van der Waals surface area (Å²) in [5.41, 5.74) is 5.29. The van der Waals surface area contributed by atoms with E-state index in [1.54, 1.807) is 18.7 Å². The first kappa shape index (κ1) is 18.8. The number of nitrogens with one attached hydrogen (secondary N) is 2. The number of thioether (sulfide) groups is 1. The van der Waals surface area contributed by atoms with Gasteiger partial charge in [0.05, 0.1) is 12.5 Å². The third-order valence-electron chi connectivity index (χ3n) is 3.70. The Hall–Kier alpha value is -1.28. The molecule has 1 heterocycles. The molecule has 7 nitrogen and oxygen atoms in total. The summed E-state index contributed by atoms with van der Waals surface area (Å²) >= 11 is 1.79. The molecule has 126 valence electrons. The molecule has 0 spiro atoms. The van der Waals surface area contributed by atoms with Crippen LogP contribution in [0.1, 0.15) is 41.0 Å². The summed E-state index contributed by atoms with van der Waals surface area (Å²) in [5, 5.41) is 14.1. The molecule has 1 fully saturated rings. The van der Waals surface area contributed by atoms with E-state index in [9.17, 15) is 14.4 Å². The van der Waals surface area contributed by atoms with Crippen LogP contribution in [0.3, 0.4) is 0 Å². The number of hydrogen-bond donors (Lipinski definition) is 4. The van der Waals surface area contributed by atoms with Gasteiger partial charge in [-0.15, -0.1) is 11.8 Å². The van der Waals surface area contributed by atoms with Crippen LogP contribution in [0.4, 0.5) is 0 Å². The van der Waals surface area contributed by atoms with Crippen molar-refractivity contribution in [3.05, 3.63) is 0 Å². The maximum absolute atomic E-state index is 12.2. The number of aliphatic carboxylic acids is 1. The lowest BCUT2D eigenvalue weighted by molar-refractivity contribution is -0.140. The van der Waals surface area contributed by atoms with Gasteiger partial charge in [0.15, 0.2) is 0 Å². The third-order valence-corrected chi connectivity index (χ3v) is 5.22. The first-order chi connectivity index (χ1) is 9.86. The number of nitrogens with two attached hydrogens (primary N) is 1. The van der Waals surface area contributed by atoms with Gasteiger partial charge in [-0.25, -0.2) is 0 Å². The molecule has 0 saturated carbocycles. The Labute approximate surface area is 134 Å². The first-order valence-corrected chi connectivity index (χ1v) is 7.97. The van der Waals surface area contributed by atoms with E-state index in [2.05, 4.69) is 38.3 Å². The van der Waals surface area contributed by atoms with Crippen molar-refractivity contribution in [1.82, 2.24) is 10.6 Å². The van der Waals surface area contributed by atoms with Crippen LogP contribution in [0, 0.1) is 0 Å². The molecule has 0 bridgehead atoms. The van der Waals surface area contributed by atoms with Crippen LogP contribution < -0.4 is 16.4 Å². The monoisotopic (exact) mass is 331 g/mol. The molecule has 1 rings (SSSR count). The Kier molecular flexibility index (Phi) is 5.51. The highest BCUT2D eigenvalue weighted by atomic mass is 32.2. The summed E-state index contributed by atoms with van der Waals surface area (Å²) in [5.74, 6) is -2.09. The van der Waals surface area contributed by atoms with E-state index in [0.717, 1.165) is 0 Å². The number of carbonyl (C=O) groups is 3. The van der Waals surface area contributed by atoms with Crippen LogP contribution in [0.5, 0.6) is 0 Å². The Bertz CT molecular complexity index is 465. The van der Waals surface area contributed by atoms with Gasteiger partial charge in [0.1, 0.15) is 12.1 Å². The molecule has 0 aromatic rings. The number of carboxylic acid groups (broad SMARTS) is 1. The second kappa shape index (κ2) is 6.45. The zero-order valence-electron chi connectivity index (χ0n) is 13.6.